The van der Waals surface area contributed by atoms with Gasteiger partial charge in [0.15, 0.2) is 6.04 Å². The van der Waals surface area contributed by atoms with Crippen LogP contribution in [0, 0.1) is 0 Å². The van der Waals surface area contributed by atoms with Crippen LogP contribution in [0.2, 0.25) is 0 Å². The molecule has 4 N–H and O–H groups in total. The van der Waals surface area contributed by atoms with Crippen molar-refractivity contribution in [3.8, 4) is 0 Å². The molecule has 0 radical (unpaired) electrons. The molecule has 0 aliphatic rings. The van der Waals surface area contributed by atoms with Crippen LogP contribution < -0.4 is 5.32 Å². The van der Waals surface area contributed by atoms with Crippen molar-refractivity contribution in [2.24, 2.45) is 0 Å². The van der Waals surface area contributed by atoms with Crippen LogP contribution >= 0.6 is 7.82 Å². The third kappa shape index (κ3) is 40.3. The fourth-order valence-electron chi connectivity index (χ4n) is 6.11. The Balaban J connectivity index is 3.79. The van der Waals surface area contributed by atoms with Crippen molar-refractivity contribution in [3.63, 3.8) is 0 Å². The zero-order valence-electron chi connectivity index (χ0n) is 35.9. The van der Waals surface area contributed by atoms with Crippen LogP contribution in [0.5, 0.6) is 0 Å². The predicted octanol–water partition coefficient (Wildman–Crippen LogP) is 11.6. The molecular formula is C45H82NO10P. The van der Waals surface area contributed by atoms with Crippen molar-refractivity contribution in [2.75, 3.05) is 19.8 Å². The molecule has 332 valence electrons. The maximum atomic E-state index is 12.2. The van der Waals surface area contributed by atoms with E-state index in [1.165, 1.54) is 89.9 Å². The van der Waals surface area contributed by atoms with Crippen LogP contribution in [-0.2, 0) is 32.7 Å². The van der Waals surface area contributed by atoms with Gasteiger partial charge in [-0.15, -0.1) is 0 Å². The lowest BCUT2D eigenvalue weighted by atomic mass is 10.0. The summed E-state index contributed by atoms with van der Waals surface area (Å²) in [7, 11) is -4.75. The van der Waals surface area contributed by atoms with Gasteiger partial charge in [0.05, 0.1) is 13.2 Å². The van der Waals surface area contributed by atoms with E-state index in [2.05, 4.69) is 55.6 Å². The number of nitrogens with one attached hydrogen (secondary N) is 1. The van der Waals surface area contributed by atoms with Gasteiger partial charge < -0.3 is 25.2 Å². The van der Waals surface area contributed by atoms with Crippen molar-refractivity contribution in [1.29, 1.82) is 0 Å². The summed E-state index contributed by atoms with van der Waals surface area (Å²) in [4.78, 5) is 45.8. The fraction of sp³-hybridized carbons (Fsp3) is 0.800. The highest BCUT2D eigenvalue weighted by molar-refractivity contribution is 7.47. The molecule has 3 atom stereocenters. The lowest BCUT2D eigenvalue weighted by Gasteiger charge is -2.18. The van der Waals surface area contributed by atoms with E-state index in [0.717, 1.165) is 70.6 Å². The number of phosphoric acid groups is 1. The molecule has 0 heterocycles. The van der Waals surface area contributed by atoms with Gasteiger partial charge in [0.1, 0.15) is 12.7 Å². The van der Waals surface area contributed by atoms with E-state index in [-0.39, 0.29) is 12.8 Å². The summed E-state index contributed by atoms with van der Waals surface area (Å²) in [5.41, 5.74) is 0. The SMILES string of the molecule is CCC/C=C\CCCCCCCC(=O)NC(COP(=O)(O)OCC(O)COC(=O)CCCCCCCCCCCCCCC/C=C\C/C=C\CCCCC)C(=O)O. The van der Waals surface area contributed by atoms with Gasteiger partial charge in [-0.05, 0) is 64.2 Å². The highest BCUT2D eigenvalue weighted by atomic mass is 31.2. The number of amides is 1. The van der Waals surface area contributed by atoms with Gasteiger partial charge in [0, 0.05) is 12.8 Å². The second-order valence-electron chi connectivity index (χ2n) is 15.2. The summed E-state index contributed by atoms with van der Waals surface area (Å²) in [6.07, 6.45) is 43.3. The molecule has 11 nitrogen and oxygen atoms in total. The Bertz CT molecular complexity index is 1110. The molecule has 0 aromatic rings. The first-order chi connectivity index (χ1) is 27.6. The minimum atomic E-state index is -4.75. The molecule has 0 rings (SSSR count). The van der Waals surface area contributed by atoms with Crippen LogP contribution in [0.4, 0.5) is 0 Å². The first-order valence-corrected chi connectivity index (χ1v) is 24.0. The Labute approximate surface area is 346 Å². The number of aliphatic hydroxyl groups excluding tert-OH is 1. The summed E-state index contributed by atoms with van der Waals surface area (Å²) in [5, 5.41) is 21.8. The van der Waals surface area contributed by atoms with E-state index < -0.39 is 57.6 Å². The number of aliphatic carboxylic acids is 1. The molecule has 0 fully saturated rings. The number of phosphoric ester groups is 1. The number of ether oxygens (including phenoxy) is 1. The number of carboxylic acid groups (broad SMARTS) is 1. The number of carbonyl (C=O) groups is 3. The van der Waals surface area contributed by atoms with Gasteiger partial charge in [-0.2, -0.15) is 0 Å². The summed E-state index contributed by atoms with van der Waals surface area (Å²) >= 11 is 0. The minimum Gasteiger partial charge on any atom is -0.480 e. The highest BCUT2D eigenvalue weighted by Gasteiger charge is 2.28. The van der Waals surface area contributed by atoms with Gasteiger partial charge in [-0.25, -0.2) is 9.36 Å². The third-order valence-corrected chi connectivity index (χ3v) is 10.6. The van der Waals surface area contributed by atoms with Crippen molar-refractivity contribution < 1.29 is 47.8 Å². The van der Waals surface area contributed by atoms with E-state index in [1.807, 2.05) is 0 Å². The number of hydrogen-bond donors (Lipinski definition) is 4. The van der Waals surface area contributed by atoms with E-state index in [9.17, 15) is 34.1 Å². The molecule has 12 heteroatoms. The smallest absolute Gasteiger partial charge is 0.472 e. The fourth-order valence-corrected chi connectivity index (χ4v) is 6.88. The van der Waals surface area contributed by atoms with Crippen LogP contribution in [0.1, 0.15) is 200 Å². The van der Waals surface area contributed by atoms with E-state index >= 15 is 0 Å². The average molecular weight is 828 g/mol. The number of carbonyl (C=O) groups excluding carboxylic acids is 2. The van der Waals surface area contributed by atoms with Crippen LogP contribution in [0.15, 0.2) is 36.5 Å². The zero-order chi connectivity index (χ0) is 42.1. The summed E-state index contributed by atoms with van der Waals surface area (Å²) in [5.74, 6) is -2.39. The predicted molar refractivity (Wildman–Crippen MR) is 231 cm³/mol. The lowest BCUT2D eigenvalue weighted by Crippen LogP contribution is -2.43. The summed E-state index contributed by atoms with van der Waals surface area (Å²) in [6.45, 7) is 2.49. The van der Waals surface area contributed by atoms with E-state index in [1.54, 1.807) is 0 Å². The number of aliphatic hydroxyl groups is 1. The summed E-state index contributed by atoms with van der Waals surface area (Å²) in [6, 6.07) is -1.55. The first-order valence-electron chi connectivity index (χ1n) is 22.5. The molecule has 0 aromatic heterocycles. The normalized spacial score (nSPS) is 14.0. The minimum absolute atomic E-state index is 0.135. The average Bonchev–Trinajstić information content (AvgIpc) is 3.18. The quantitative estimate of drug-likeness (QED) is 0.0201. The molecule has 1 amide bonds. The molecular weight excluding hydrogens is 745 g/mol. The molecule has 57 heavy (non-hydrogen) atoms. The van der Waals surface area contributed by atoms with Gasteiger partial charge in [-0.3, -0.25) is 18.6 Å². The zero-order valence-corrected chi connectivity index (χ0v) is 36.8. The van der Waals surface area contributed by atoms with Gasteiger partial charge in [0.25, 0.3) is 0 Å². The van der Waals surface area contributed by atoms with Gasteiger partial charge in [0.2, 0.25) is 5.91 Å². The van der Waals surface area contributed by atoms with Gasteiger partial charge >= 0.3 is 19.8 Å². The maximum absolute atomic E-state index is 12.2. The molecule has 0 aromatic carbocycles. The largest absolute Gasteiger partial charge is 0.480 e. The van der Waals surface area contributed by atoms with Crippen molar-refractivity contribution in [3.05, 3.63) is 36.5 Å². The summed E-state index contributed by atoms with van der Waals surface area (Å²) < 4.78 is 26.8. The Morgan fingerprint density at radius 1 is 0.561 bits per heavy atom. The third-order valence-electron chi connectivity index (χ3n) is 9.63. The van der Waals surface area contributed by atoms with Crippen molar-refractivity contribution in [1.82, 2.24) is 5.32 Å². The van der Waals surface area contributed by atoms with Crippen LogP contribution in [-0.4, -0.2) is 64.9 Å². The molecule has 3 unspecified atom stereocenters. The highest BCUT2D eigenvalue weighted by Crippen LogP contribution is 2.43. The van der Waals surface area contributed by atoms with E-state index in [0.29, 0.717) is 12.8 Å². The number of esters is 1. The number of hydrogen-bond acceptors (Lipinski definition) is 8. The Hall–Kier alpha value is -2.30. The van der Waals surface area contributed by atoms with Crippen molar-refractivity contribution in [2.45, 2.75) is 212 Å². The molecule has 0 aliphatic heterocycles. The second-order valence-corrected chi connectivity index (χ2v) is 16.7. The molecule has 0 saturated carbocycles. The molecule has 0 spiro atoms. The Kier molecular flexibility index (Phi) is 38.8. The molecule has 0 saturated heterocycles. The molecule has 0 aliphatic carbocycles. The topological polar surface area (TPSA) is 169 Å². The standard InChI is InChI=1S/C45H82NO10P/c1-3-5-7-9-11-13-15-16-17-18-19-20-21-22-23-24-25-26-27-29-31-33-35-37-44(49)54-38-41(47)39-55-57(52,53)56-40-42(45(50)51)46-43(48)36-34-32-30-28-14-12-10-8-6-4-2/h8,10-11,13,16-17,41-42,47H,3-7,9,12,14-15,18-40H2,1-2H3,(H,46,48)(H,50,51)(H,52,53)/b10-8-,13-11-,17-16-. The first kappa shape index (κ1) is 54.7. The molecule has 0 bridgehead atoms. The van der Waals surface area contributed by atoms with E-state index in [4.69, 9.17) is 13.8 Å². The number of carboxylic acids is 1. The number of rotatable bonds is 42. The maximum Gasteiger partial charge on any atom is 0.472 e. The van der Waals surface area contributed by atoms with Crippen LogP contribution in [0.3, 0.4) is 0 Å². The number of allylic oxidation sites excluding steroid dienone is 6. The van der Waals surface area contributed by atoms with Crippen LogP contribution in [0.25, 0.3) is 0 Å². The second kappa shape index (κ2) is 40.5. The lowest BCUT2D eigenvalue weighted by molar-refractivity contribution is -0.147. The Morgan fingerprint density at radius 2 is 1.00 bits per heavy atom. The Morgan fingerprint density at radius 3 is 1.51 bits per heavy atom. The van der Waals surface area contributed by atoms with Crippen molar-refractivity contribution >= 4 is 25.7 Å². The van der Waals surface area contributed by atoms with Gasteiger partial charge in [-0.1, -0.05) is 159 Å². The monoisotopic (exact) mass is 828 g/mol. The number of unbranched alkanes of at least 4 members (excludes halogenated alkanes) is 22.